The number of hydrogen-bond donors (Lipinski definition) is 0. The zero-order valence-corrected chi connectivity index (χ0v) is 15.5. The Kier molecular flexibility index (Phi) is 5.05. The fraction of sp³-hybridized carbons (Fsp3) is 0.381. The quantitative estimate of drug-likeness (QED) is 0.812. The molecule has 2 aromatic carbocycles. The van der Waals surface area contributed by atoms with E-state index in [4.69, 9.17) is 14.2 Å². The van der Waals surface area contributed by atoms with Crippen LogP contribution in [-0.4, -0.2) is 50.9 Å². The van der Waals surface area contributed by atoms with Gasteiger partial charge in [0.25, 0.3) is 0 Å². The van der Waals surface area contributed by atoms with E-state index in [0.717, 1.165) is 54.7 Å². The smallest absolute Gasteiger partial charge is 0.231 e. The topological polar surface area (TPSA) is 51.2 Å². The highest BCUT2D eigenvalue weighted by Crippen LogP contribution is 2.33. The predicted molar refractivity (Wildman–Crippen MR) is 103 cm³/mol. The molecule has 1 fully saturated rings. The molecule has 0 radical (unpaired) electrons. The summed E-state index contributed by atoms with van der Waals surface area (Å²) in [6.07, 6.45) is 1.22. The molecule has 1 saturated heterocycles. The van der Waals surface area contributed by atoms with E-state index in [2.05, 4.69) is 11.0 Å². The van der Waals surface area contributed by atoms with Gasteiger partial charge in [0.15, 0.2) is 11.5 Å². The van der Waals surface area contributed by atoms with Crippen molar-refractivity contribution in [1.29, 1.82) is 0 Å². The van der Waals surface area contributed by atoms with Gasteiger partial charge in [-0.2, -0.15) is 0 Å². The number of piperazine rings is 1. The van der Waals surface area contributed by atoms with Crippen LogP contribution in [0.15, 0.2) is 42.5 Å². The minimum Gasteiger partial charge on any atom is -0.495 e. The number of anilines is 1. The van der Waals surface area contributed by atoms with Crippen molar-refractivity contribution in [3.63, 3.8) is 0 Å². The van der Waals surface area contributed by atoms with Crippen molar-refractivity contribution in [2.24, 2.45) is 0 Å². The van der Waals surface area contributed by atoms with E-state index in [1.165, 1.54) is 0 Å². The van der Waals surface area contributed by atoms with Crippen LogP contribution < -0.4 is 19.1 Å². The number of para-hydroxylation sites is 2. The maximum atomic E-state index is 12.6. The lowest BCUT2D eigenvalue weighted by atomic mass is 10.1. The molecule has 27 heavy (non-hydrogen) atoms. The van der Waals surface area contributed by atoms with Crippen molar-refractivity contribution in [2.75, 3.05) is 45.0 Å². The monoisotopic (exact) mass is 368 g/mol. The molecular formula is C21H24N2O4. The second-order valence-electron chi connectivity index (χ2n) is 6.73. The number of nitrogens with zero attached hydrogens (tertiary/aromatic N) is 2. The summed E-state index contributed by atoms with van der Waals surface area (Å²) >= 11 is 0. The van der Waals surface area contributed by atoms with Crippen molar-refractivity contribution in [1.82, 2.24) is 4.90 Å². The predicted octanol–water partition coefficient (Wildman–Crippen LogP) is 2.71. The van der Waals surface area contributed by atoms with Crippen LogP contribution >= 0.6 is 0 Å². The molecule has 0 bridgehead atoms. The number of ether oxygens (including phenoxy) is 3. The summed E-state index contributed by atoms with van der Waals surface area (Å²) < 4.78 is 16.2. The number of amides is 1. The molecular weight excluding hydrogens is 344 g/mol. The van der Waals surface area contributed by atoms with Gasteiger partial charge in [0, 0.05) is 32.6 Å². The maximum absolute atomic E-state index is 12.6. The normalized spacial score (nSPS) is 15.7. The summed E-state index contributed by atoms with van der Waals surface area (Å²) in [6, 6.07) is 13.9. The third kappa shape index (κ3) is 3.79. The Labute approximate surface area is 159 Å². The van der Waals surface area contributed by atoms with Crippen LogP contribution in [0, 0.1) is 0 Å². The highest BCUT2D eigenvalue weighted by molar-refractivity contribution is 5.77. The Morgan fingerprint density at radius 3 is 2.63 bits per heavy atom. The molecule has 1 amide bonds. The zero-order valence-electron chi connectivity index (χ0n) is 15.5. The van der Waals surface area contributed by atoms with Gasteiger partial charge in [-0.05, 0) is 36.2 Å². The van der Waals surface area contributed by atoms with Gasteiger partial charge < -0.3 is 24.0 Å². The number of fused-ring (bicyclic) bond motifs is 1. The average molecular weight is 368 g/mol. The summed E-state index contributed by atoms with van der Waals surface area (Å²) in [7, 11) is 1.69. The first-order valence-electron chi connectivity index (χ1n) is 9.29. The minimum absolute atomic E-state index is 0.201. The van der Waals surface area contributed by atoms with E-state index < -0.39 is 0 Å². The first-order valence-corrected chi connectivity index (χ1v) is 9.29. The molecule has 0 N–H and O–H groups in total. The van der Waals surface area contributed by atoms with Gasteiger partial charge in [-0.1, -0.05) is 18.2 Å². The standard InChI is InChI=1S/C21H24N2O4/c1-25-18-5-3-2-4-17(18)22-10-12-23(13-11-22)21(24)9-7-16-6-8-19-20(14-16)27-15-26-19/h2-6,8,14H,7,9-13,15H2,1H3. The van der Waals surface area contributed by atoms with E-state index in [1.807, 2.05) is 41.3 Å². The number of carbonyl (C=O) groups is 1. The van der Waals surface area contributed by atoms with Gasteiger partial charge in [0.05, 0.1) is 12.8 Å². The minimum atomic E-state index is 0.201. The van der Waals surface area contributed by atoms with E-state index in [-0.39, 0.29) is 12.7 Å². The summed E-state index contributed by atoms with van der Waals surface area (Å²) in [5.41, 5.74) is 2.19. The fourth-order valence-electron chi connectivity index (χ4n) is 3.59. The highest BCUT2D eigenvalue weighted by atomic mass is 16.7. The lowest BCUT2D eigenvalue weighted by Gasteiger charge is -2.36. The molecule has 0 spiro atoms. The lowest BCUT2D eigenvalue weighted by molar-refractivity contribution is -0.131. The molecule has 4 rings (SSSR count). The average Bonchev–Trinajstić information content (AvgIpc) is 3.20. The number of aryl methyl sites for hydroxylation is 1. The van der Waals surface area contributed by atoms with E-state index in [9.17, 15) is 4.79 Å². The van der Waals surface area contributed by atoms with E-state index in [0.29, 0.717) is 12.8 Å². The van der Waals surface area contributed by atoms with Crippen LogP contribution in [0.2, 0.25) is 0 Å². The number of rotatable bonds is 5. The Balaban J connectivity index is 1.30. The molecule has 2 aliphatic heterocycles. The molecule has 0 aliphatic carbocycles. The molecule has 6 heteroatoms. The third-order valence-electron chi connectivity index (χ3n) is 5.12. The van der Waals surface area contributed by atoms with Gasteiger partial charge >= 0.3 is 0 Å². The first-order chi connectivity index (χ1) is 13.2. The van der Waals surface area contributed by atoms with E-state index in [1.54, 1.807) is 7.11 Å². The van der Waals surface area contributed by atoms with Gasteiger partial charge in [-0.15, -0.1) is 0 Å². The number of carbonyl (C=O) groups excluding carboxylic acids is 1. The molecule has 2 aliphatic rings. The van der Waals surface area contributed by atoms with Gasteiger partial charge in [0.2, 0.25) is 12.7 Å². The third-order valence-corrected chi connectivity index (χ3v) is 5.12. The Bertz CT molecular complexity index is 816. The Morgan fingerprint density at radius 2 is 1.81 bits per heavy atom. The largest absolute Gasteiger partial charge is 0.495 e. The molecule has 2 aromatic rings. The zero-order chi connectivity index (χ0) is 18.6. The van der Waals surface area contributed by atoms with Crippen LogP contribution in [0.4, 0.5) is 5.69 Å². The van der Waals surface area contributed by atoms with E-state index >= 15 is 0 Å². The van der Waals surface area contributed by atoms with Gasteiger partial charge in [0.1, 0.15) is 5.75 Å². The molecule has 0 aromatic heterocycles. The van der Waals surface area contributed by atoms with Crippen LogP contribution in [-0.2, 0) is 11.2 Å². The summed E-state index contributed by atoms with van der Waals surface area (Å²) in [4.78, 5) is 16.8. The van der Waals surface area contributed by atoms with Crippen molar-refractivity contribution < 1.29 is 19.0 Å². The van der Waals surface area contributed by atoms with Crippen LogP contribution in [0.3, 0.4) is 0 Å². The molecule has 2 heterocycles. The summed E-state index contributed by atoms with van der Waals surface area (Å²) in [6.45, 7) is 3.37. The van der Waals surface area contributed by atoms with Crippen molar-refractivity contribution in [3.8, 4) is 17.2 Å². The summed E-state index contributed by atoms with van der Waals surface area (Å²) in [5.74, 6) is 2.62. The number of benzene rings is 2. The second-order valence-corrected chi connectivity index (χ2v) is 6.73. The molecule has 0 unspecified atom stereocenters. The second kappa shape index (κ2) is 7.78. The SMILES string of the molecule is COc1ccccc1N1CCN(C(=O)CCc2ccc3c(c2)OCO3)CC1. The van der Waals surface area contributed by atoms with Gasteiger partial charge in [-0.3, -0.25) is 4.79 Å². The highest BCUT2D eigenvalue weighted by Gasteiger charge is 2.23. The van der Waals surface area contributed by atoms with Crippen LogP contribution in [0.1, 0.15) is 12.0 Å². The molecule has 0 atom stereocenters. The molecule has 0 saturated carbocycles. The summed E-state index contributed by atoms with van der Waals surface area (Å²) in [5, 5.41) is 0. The molecule has 142 valence electrons. The Morgan fingerprint density at radius 1 is 1.04 bits per heavy atom. The number of methoxy groups -OCH3 is 1. The Hall–Kier alpha value is -2.89. The van der Waals surface area contributed by atoms with Gasteiger partial charge in [-0.25, -0.2) is 0 Å². The van der Waals surface area contributed by atoms with Crippen LogP contribution in [0.25, 0.3) is 0 Å². The number of hydrogen-bond acceptors (Lipinski definition) is 5. The van der Waals surface area contributed by atoms with Crippen molar-refractivity contribution in [2.45, 2.75) is 12.8 Å². The maximum Gasteiger partial charge on any atom is 0.231 e. The van der Waals surface area contributed by atoms with Crippen molar-refractivity contribution in [3.05, 3.63) is 48.0 Å². The van der Waals surface area contributed by atoms with Crippen LogP contribution in [0.5, 0.6) is 17.2 Å². The first kappa shape index (κ1) is 17.5. The fourth-order valence-corrected chi connectivity index (χ4v) is 3.59. The van der Waals surface area contributed by atoms with Crippen molar-refractivity contribution >= 4 is 11.6 Å². The molecule has 6 nitrogen and oxygen atoms in total. The lowest BCUT2D eigenvalue weighted by Crippen LogP contribution is -2.48.